The van der Waals surface area contributed by atoms with E-state index in [0.29, 0.717) is 31.5 Å². The van der Waals surface area contributed by atoms with Crippen molar-refractivity contribution in [2.24, 2.45) is 10.9 Å². The molecule has 2 heterocycles. The monoisotopic (exact) mass is 450 g/mol. The number of hydrogen-bond donors (Lipinski definition) is 3. The average Bonchev–Trinajstić information content (AvgIpc) is 3.29. The third-order valence-electron chi connectivity index (χ3n) is 5.17. The van der Waals surface area contributed by atoms with Gasteiger partial charge in [0.2, 0.25) is 5.91 Å². The van der Waals surface area contributed by atoms with E-state index in [9.17, 15) is 9.90 Å². The van der Waals surface area contributed by atoms with Crippen LogP contribution in [-0.2, 0) is 34.8 Å². The first kappa shape index (κ1) is 24.9. The Morgan fingerprint density at radius 1 is 1.23 bits per heavy atom. The van der Waals surface area contributed by atoms with E-state index in [-0.39, 0.29) is 5.91 Å². The van der Waals surface area contributed by atoms with Crippen LogP contribution in [-0.4, -0.2) is 11.0 Å². The Bertz CT molecular complexity index is 883. The quantitative estimate of drug-likeness (QED) is 0.542. The number of primary amides is 1. The van der Waals surface area contributed by atoms with Crippen molar-refractivity contribution in [2.45, 2.75) is 82.8 Å². The standard InChI is InChI=1S/C16H23NO2.C7H11NOS2/c1-9(2)12-5-11-7-19-8-14(11)16(10(3)4)13(12)6-15(17)18;1-7(2,9)5-3-6(11-8)10-4-5/h5,9-10H,6-8H2,1-4H3,(H2,17,18);3-4,9H,8H2,1-2H3. The highest BCUT2D eigenvalue weighted by Gasteiger charge is 2.25. The minimum absolute atomic E-state index is 0.261. The smallest absolute Gasteiger partial charge is 0.221 e. The molecule has 5 N–H and O–H groups in total. The second-order valence-corrected chi connectivity index (χ2v) is 10.6. The van der Waals surface area contributed by atoms with Crippen molar-refractivity contribution in [1.82, 2.24) is 0 Å². The van der Waals surface area contributed by atoms with E-state index in [1.165, 1.54) is 34.2 Å². The number of amides is 1. The van der Waals surface area contributed by atoms with Crippen molar-refractivity contribution in [2.75, 3.05) is 0 Å². The van der Waals surface area contributed by atoms with Crippen LogP contribution in [0.25, 0.3) is 0 Å². The minimum atomic E-state index is -0.746. The SMILES string of the molecule is CC(C)(O)c1csc(SN)c1.CC(C)c1cc2c(c(C(C)C)c1CC(N)=O)COC2. The molecule has 7 heteroatoms. The molecule has 3 rings (SSSR count). The topological polar surface area (TPSA) is 98.6 Å². The zero-order valence-corrected chi connectivity index (χ0v) is 20.4. The first-order valence-corrected chi connectivity index (χ1v) is 11.9. The lowest BCUT2D eigenvalue weighted by Gasteiger charge is -2.22. The van der Waals surface area contributed by atoms with Gasteiger partial charge >= 0.3 is 0 Å². The minimum Gasteiger partial charge on any atom is -0.386 e. The van der Waals surface area contributed by atoms with Gasteiger partial charge in [0.05, 0.1) is 29.4 Å². The summed E-state index contributed by atoms with van der Waals surface area (Å²) in [5.41, 5.74) is 11.8. The Morgan fingerprint density at radius 3 is 2.33 bits per heavy atom. The third kappa shape index (κ3) is 6.08. The molecule has 0 bridgehead atoms. The van der Waals surface area contributed by atoms with Crippen molar-refractivity contribution in [3.63, 3.8) is 0 Å². The highest BCUT2D eigenvalue weighted by atomic mass is 32.2. The Kier molecular flexibility index (Phi) is 8.53. The van der Waals surface area contributed by atoms with Crippen molar-refractivity contribution in [3.05, 3.63) is 50.9 Å². The van der Waals surface area contributed by atoms with Gasteiger partial charge in [-0.3, -0.25) is 9.93 Å². The molecule has 30 heavy (non-hydrogen) atoms. The van der Waals surface area contributed by atoms with Crippen LogP contribution in [0.15, 0.2) is 21.7 Å². The summed E-state index contributed by atoms with van der Waals surface area (Å²) in [7, 11) is 0. The molecule has 166 valence electrons. The fourth-order valence-corrected chi connectivity index (χ4v) is 5.07. The summed E-state index contributed by atoms with van der Waals surface area (Å²) in [6.07, 6.45) is 0.328. The Labute approximate surface area is 188 Å². The summed E-state index contributed by atoms with van der Waals surface area (Å²) >= 11 is 2.77. The van der Waals surface area contributed by atoms with Crippen LogP contribution in [0.5, 0.6) is 0 Å². The summed E-state index contributed by atoms with van der Waals surface area (Å²) in [6, 6.07) is 4.12. The van der Waals surface area contributed by atoms with E-state index in [4.69, 9.17) is 15.6 Å². The number of carbonyl (C=O) groups is 1. The molecule has 0 saturated heterocycles. The van der Waals surface area contributed by atoms with Gasteiger partial charge in [-0.15, -0.1) is 11.3 Å². The van der Waals surface area contributed by atoms with Gasteiger partial charge in [0, 0.05) is 0 Å². The van der Waals surface area contributed by atoms with Crippen LogP contribution in [0, 0.1) is 0 Å². The Hall–Kier alpha value is -1.38. The molecular formula is C23H34N2O3S2. The number of ether oxygens (including phenoxy) is 1. The van der Waals surface area contributed by atoms with Crippen LogP contribution in [0.2, 0.25) is 0 Å². The lowest BCUT2D eigenvalue weighted by molar-refractivity contribution is -0.117. The van der Waals surface area contributed by atoms with Gasteiger partial charge in [-0.25, -0.2) is 0 Å². The maximum absolute atomic E-state index is 11.4. The molecule has 0 radical (unpaired) electrons. The van der Waals surface area contributed by atoms with Gasteiger partial charge in [0.25, 0.3) is 0 Å². The van der Waals surface area contributed by atoms with Crippen LogP contribution < -0.4 is 10.9 Å². The number of benzene rings is 1. The highest BCUT2D eigenvalue weighted by Crippen LogP contribution is 2.37. The van der Waals surface area contributed by atoms with Crippen LogP contribution >= 0.6 is 23.3 Å². The highest BCUT2D eigenvalue weighted by molar-refractivity contribution is 7.99. The number of carbonyl (C=O) groups excluding carboxylic acids is 1. The normalized spacial score (nSPS) is 13.4. The third-order valence-corrected chi connectivity index (χ3v) is 6.82. The average molecular weight is 451 g/mol. The summed E-state index contributed by atoms with van der Waals surface area (Å²) in [4.78, 5) is 11.4. The van der Waals surface area contributed by atoms with E-state index < -0.39 is 5.60 Å². The molecule has 0 spiro atoms. The maximum atomic E-state index is 11.4. The predicted molar refractivity (Wildman–Crippen MR) is 126 cm³/mol. The Morgan fingerprint density at radius 2 is 1.90 bits per heavy atom. The number of hydrogen-bond acceptors (Lipinski definition) is 6. The van der Waals surface area contributed by atoms with Crippen LogP contribution in [0.4, 0.5) is 0 Å². The fraction of sp³-hybridized carbons (Fsp3) is 0.522. The molecule has 5 nitrogen and oxygen atoms in total. The lowest BCUT2D eigenvalue weighted by Crippen LogP contribution is -2.18. The Balaban J connectivity index is 0.000000248. The molecule has 1 amide bonds. The molecule has 2 aromatic rings. The van der Waals surface area contributed by atoms with E-state index >= 15 is 0 Å². The second-order valence-electron chi connectivity index (χ2n) is 8.77. The predicted octanol–water partition coefficient (Wildman–Crippen LogP) is 4.93. The van der Waals surface area contributed by atoms with Crippen molar-refractivity contribution >= 4 is 29.2 Å². The van der Waals surface area contributed by atoms with Crippen LogP contribution in [0.3, 0.4) is 0 Å². The summed E-state index contributed by atoms with van der Waals surface area (Å²) < 4.78 is 6.61. The maximum Gasteiger partial charge on any atom is 0.221 e. The zero-order chi connectivity index (χ0) is 22.6. The van der Waals surface area contributed by atoms with E-state index in [1.54, 1.807) is 25.2 Å². The van der Waals surface area contributed by atoms with E-state index in [0.717, 1.165) is 15.3 Å². The van der Waals surface area contributed by atoms with E-state index in [2.05, 4.69) is 33.8 Å². The van der Waals surface area contributed by atoms with Gasteiger partial charge in [-0.05, 0) is 82.5 Å². The summed E-state index contributed by atoms with van der Waals surface area (Å²) in [5, 5.41) is 16.8. The molecule has 0 unspecified atom stereocenters. The first-order valence-electron chi connectivity index (χ1n) is 10.2. The molecule has 1 aromatic carbocycles. The summed E-state index contributed by atoms with van der Waals surface area (Å²) in [6.45, 7) is 13.5. The van der Waals surface area contributed by atoms with Crippen LogP contribution in [0.1, 0.15) is 86.8 Å². The van der Waals surface area contributed by atoms with Crippen molar-refractivity contribution in [1.29, 1.82) is 0 Å². The van der Waals surface area contributed by atoms with Gasteiger partial charge in [-0.1, -0.05) is 33.8 Å². The molecule has 0 saturated carbocycles. The molecule has 1 aromatic heterocycles. The van der Waals surface area contributed by atoms with Gasteiger partial charge < -0.3 is 15.6 Å². The largest absolute Gasteiger partial charge is 0.386 e. The molecule has 0 atom stereocenters. The van der Waals surface area contributed by atoms with Crippen molar-refractivity contribution < 1.29 is 14.6 Å². The molecule has 0 fully saturated rings. The number of rotatable bonds is 6. The van der Waals surface area contributed by atoms with Gasteiger partial charge in [-0.2, -0.15) is 0 Å². The molecule has 0 aliphatic carbocycles. The zero-order valence-electron chi connectivity index (χ0n) is 18.7. The number of nitrogens with two attached hydrogens (primary N) is 2. The van der Waals surface area contributed by atoms with Gasteiger partial charge in [0.1, 0.15) is 0 Å². The molecule has 1 aliphatic heterocycles. The second kappa shape index (κ2) is 10.3. The number of thiophene rings is 1. The van der Waals surface area contributed by atoms with E-state index in [1.807, 2.05) is 11.4 Å². The number of aliphatic hydroxyl groups is 1. The number of fused-ring (bicyclic) bond motifs is 1. The van der Waals surface area contributed by atoms with Crippen molar-refractivity contribution in [3.8, 4) is 0 Å². The van der Waals surface area contributed by atoms with Gasteiger partial charge in [0.15, 0.2) is 0 Å². The molecular weight excluding hydrogens is 416 g/mol. The summed E-state index contributed by atoms with van der Waals surface area (Å²) in [5.74, 6) is 0.504. The molecule has 1 aliphatic rings. The first-order chi connectivity index (χ1) is 14.0. The lowest BCUT2D eigenvalue weighted by atomic mass is 9.82. The fourth-order valence-electron chi connectivity index (χ4n) is 3.72.